The van der Waals surface area contributed by atoms with Crippen molar-refractivity contribution >= 4 is 0 Å². The van der Waals surface area contributed by atoms with Gasteiger partial charge in [-0.1, -0.05) is 25.0 Å². The van der Waals surface area contributed by atoms with Crippen LogP contribution < -0.4 is 10.1 Å². The molecule has 2 aliphatic rings. The maximum atomic E-state index is 10.4. The topological polar surface area (TPSA) is 62.6 Å². The number of aliphatic hydroxyl groups excluding tert-OH is 1. The third-order valence-electron chi connectivity index (χ3n) is 5.94. The van der Waals surface area contributed by atoms with Gasteiger partial charge < -0.3 is 19.7 Å². The zero-order valence-electron chi connectivity index (χ0n) is 16.8. The summed E-state index contributed by atoms with van der Waals surface area (Å²) in [6, 6.07) is 8.86. The highest BCUT2D eigenvalue weighted by molar-refractivity contribution is 5.28. The monoisotopic (exact) mass is 384 g/mol. The Balaban J connectivity index is 1.22. The smallest absolute Gasteiger partial charge is 0.119 e. The third-order valence-corrected chi connectivity index (χ3v) is 5.94. The standard InChI is InChI=1S/C22H32N4O2/c1-25-16-24-21-14-26(10-9-22(21)25)13-19(27)15-28-20-8-4-5-17(11-20)12-23-18-6-2-3-7-18/h4-5,8,11,16,18-19,23,27H,2-3,6-7,9-10,12-15H2,1H3/t19-/m1/s1. The number of hydrogen-bond donors (Lipinski definition) is 2. The Morgan fingerprint density at radius 3 is 3.04 bits per heavy atom. The van der Waals surface area contributed by atoms with Crippen molar-refractivity contribution in [2.45, 2.75) is 57.3 Å². The molecule has 2 heterocycles. The van der Waals surface area contributed by atoms with Gasteiger partial charge in [-0.15, -0.1) is 0 Å². The first kappa shape index (κ1) is 19.4. The lowest BCUT2D eigenvalue weighted by molar-refractivity contribution is 0.0630. The number of nitrogens with zero attached hydrogens (tertiary/aromatic N) is 3. The molecule has 0 bridgehead atoms. The summed E-state index contributed by atoms with van der Waals surface area (Å²) in [5.41, 5.74) is 3.67. The van der Waals surface area contributed by atoms with E-state index in [9.17, 15) is 5.11 Å². The normalized spacial score (nSPS) is 18.9. The highest BCUT2D eigenvalue weighted by Gasteiger charge is 2.22. The molecule has 1 fully saturated rings. The Kier molecular flexibility index (Phi) is 6.29. The van der Waals surface area contributed by atoms with Crippen LogP contribution in [0, 0.1) is 0 Å². The van der Waals surface area contributed by atoms with E-state index >= 15 is 0 Å². The molecule has 0 unspecified atom stereocenters. The molecule has 2 aromatic rings. The van der Waals surface area contributed by atoms with Crippen molar-refractivity contribution < 1.29 is 9.84 Å². The van der Waals surface area contributed by atoms with Gasteiger partial charge >= 0.3 is 0 Å². The van der Waals surface area contributed by atoms with Crippen LogP contribution in [0.4, 0.5) is 0 Å². The van der Waals surface area contributed by atoms with E-state index in [1.54, 1.807) is 0 Å². The van der Waals surface area contributed by atoms with Gasteiger partial charge in [0.2, 0.25) is 0 Å². The molecule has 1 atom stereocenters. The minimum atomic E-state index is -0.509. The van der Waals surface area contributed by atoms with Crippen LogP contribution in [0.3, 0.4) is 0 Å². The number of ether oxygens (including phenoxy) is 1. The largest absolute Gasteiger partial charge is 0.491 e. The number of imidazole rings is 1. The molecule has 2 N–H and O–H groups in total. The molecule has 0 saturated heterocycles. The molecule has 1 aliphatic carbocycles. The Hall–Kier alpha value is -1.89. The van der Waals surface area contributed by atoms with E-state index in [0.29, 0.717) is 19.2 Å². The zero-order chi connectivity index (χ0) is 19.3. The third kappa shape index (κ3) is 4.93. The molecule has 28 heavy (non-hydrogen) atoms. The van der Waals surface area contributed by atoms with Crippen molar-refractivity contribution in [1.82, 2.24) is 19.8 Å². The Bertz CT molecular complexity index is 770. The first-order valence-corrected chi connectivity index (χ1v) is 10.5. The lowest BCUT2D eigenvalue weighted by Gasteiger charge is -2.28. The predicted octanol–water partition coefficient (Wildman–Crippen LogP) is 2.25. The van der Waals surface area contributed by atoms with Crippen LogP contribution in [0.2, 0.25) is 0 Å². The van der Waals surface area contributed by atoms with Gasteiger partial charge in [0.15, 0.2) is 0 Å². The summed E-state index contributed by atoms with van der Waals surface area (Å²) in [5, 5.41) is 14.1. The van der Waals surface area contributed by atoms with Gasteiger partial charge in [0.05, 0.1) is 12.0 Å². The Morgan fingerprint density at radius 1 is 1.32 bits per heavy atom. The van der Waals surface area contributed by atoms with Gasteiger partial charge in [-0.05, 0) is 30.5 Å². The second kappa shape index (κ2) is 9.07. The average molecular weight is 385 g/mol. The molecule has 0 radical (unpaired) electrons. The molecule has 6 heteroatoms. The highest BCUT2D eigenvalue weighted by atomic mass is 16.5. The average Bonchev–Trinajstić information content (AvgIpc) is 3.35. The second-order valence-corrected chi connectivity index (χ2v) is 8.21. The van der Waals surface area contributed by atoms with Crippen LogP contribution in [0.1, 0.15) is 42.6 Å². The van der Waals surface area contributed by atoms with Crippen molar-refractivity contribution in [2.24, 2.45) is 7.05 Å². The van der Waals surface area contributed by atoms with Gasteiger partial charge in [0.1, 0.15) is 18.5 Å². The number of β-amino-alcohol motifs (C(OH)–C–C–N with tert-alkyl or cyclic N) is 1. The summed E-state index contributed by atoms with van der Waals surface area (Å²) in [6.07, 6.45) is 7.62. The van der Waals surface area contributed by atoms with Gasteiger partial charge in [-0.25, -0.2) is 4.98 Å². The van der Waals surface area contributed by atoms with Gasteiger partial charge in [-0.2, -0.15) is 0 Å². The van der Waals surface area contributed by atoms with Crippen LogP contribution in [0.25, 0.3) is 0 Å². The number of aliphatic hydroxyl groups is 1. The fourth-order valence-corrected chi connectivity index (χ4v) is 4.35. The summed E-state index contributed by atoms with van der Waals surface area (Å²) in [4.78, 5) is 6.72. The second-order valence-electron chi connectivity index (χ2n) is 8.21. The van der Waals surface area contributed by atoms with Crippen molar-refractivity contribution in [2.75, 3.05) is 19.7 Å². The molecule has 1 aliphatic heterocycles. The van der Waals surface area contributed by atoms with E-state index in [0.717, 1.165) is 37.5 Å². The van der Waals surface area contributed by atoms with E-state index in [2.05, 4.69) is 31.9 Å². The van der Waals surface area contributed by atoms with Crippen molar-refractivity contribution in [3.8, 4) is 5.75 Å². The number of hydrogen-bond acceptors (Lipinski definition) is 5. The molecule has 1 saturated carbocycles. The SMILES string of the molecule is Cn1cnc2c1CCN(C[C@@H](O)COc1cccc(CNC3CCCC3)c1)C2. The maximum Gasteiger partial charge on any atom is 0.119 e. The number of rotatable bonds is 8. The predicted molar refractivity (Wildman–Crippen MR) is 109 cm³/mol. The van der Waals surface area contributed by atoms with E-state index in [1.165, 1.54) is 36.9 Å². The summed E-state index contributed by atoms with van der Waals surface area (Å²) in [5.74, 6) is 0.829. The van der Waals surface area contributed by atoms with Crippen LogP contribution in [0.15, 0.2) is 30.6 Å². The van der Waals surface area contributed by atoms with E-state index in [4.69, 9.17) is 4.74 Å². The number of aromatic nitrogens is 2. The van der Waals surface area contributed by atoms with E-state index in [1.807, 2.05) is 25.5 Å². The molecular weight excluding hydrogens is 352 g/mol. The summed E-state index contributed by atoms with van der Waals surface area (Å²) < 4.78 is 7.97. The zero-order valence-corrected chi connectivity index (χ0v) is 16.8. The molecule has 0 spiro atoms. The van der Waals surface area contributed by atoms with Crippen LogP contribution >= 0.6 is 0 Å². The molecule has 0 amide bonds. The number of fused-ring (bicyclic) bond motifs is 1. The van der Waals surface area contributed by atoms with Crippen LogP contribution in [-0.2, 0) is 26.6 Å². The molecular formula is C22H32N4O2. The number of nitrogens with one attached hydrogen (secondary N) is 1. The molecule has 1 aromatic heterocycles. The summed E-state index contributed by atoms with van der Waals surface area (Å²) in [7, 11) is 2.04. The van der Waals surface area contributed by atoms with E-state index < -0.39 is 6.10 Å². The summed E-state index contributed by atoms with van der Waals surface area (Å²) in [6.45, 7) is 3.55. The van der Waals surface area contributed by atoms with Crippen LogP contribution in [-0.4, -0.2) is 51.4 Å². The Morgan fingerprint density at radius 2 is 2.18 bits per heavy atom. The molecule has 4 rings (SSSR count). The molecule has 152 valence electrons. The van der Waals surface area contributed by atoms with Crippen molar-refractivity contribution in [3.05, 3.63) is 47.5 Å². The van der Waals surface area contributed by atoms with Crippen LogP contribution in [0.5, 0.6) is 5.75 Å². The minimum absolute atomic E-state index is 0.311. The van der Waals surface area contributed by atoms with Crippen molar-refractivity contribution in [3.63, 3.8) is 0 Å². The summed E-state index contributed by atoms with van der Waals surface area (Å²) >= 11 is 0. The van der Waals surface area contributed by atoms with Gasteiger partial charge in [0, 0.05) is 51.4 Å². The first-order chi connectivity index (χ1) is 13.7. The molecule has 6 nitrogen and oxygen atoms in total. The Labute approximate surface area is 167 Å². The number of aryl methyl sites for hydroxylation is 1. The van der Waals surface area contributed by atoms with Crippen molar-refractivity contribution in [1.29, 1.82) is 0 Å². The minimum Gasteiger partial charge on any atom is -0.491 e. The number of benzene rings is 1. The fraction of sp³-hybridized carbons (Fsp3) is 0.591. The quantitative estimate of drug-likeness (QED) is 0.731. The van der Waals surface area contributed by atoms with E-state index in [-0.39, 0.29) is 0 Å². The lowest BCUT2D eigenvalue weighted by atomic mass is 10.1. The fourth-order valence-electron chi connectivity index (χ4n) is 4.35. The maximum absolute atomic E-state index is 10.4. The lowest BCUT2D eigenvalue weighted by Crippen LogP contribution is -2.39. The van der Waals surface area contributed by atoms with Gasteiger partial charge in [0.25, 0.3) is 0 Å². The van der Waals surface area contributed by atoms with Gasteiger partial charge in [-0.3, -0.25) is 4.90 Å². The first-order valence-electron chi connectivity index (χ1n) is 10.5. The highest BCUT2D eigenvalue weighted by Crippen LogP contribution is 2.20. The molecule has 1 aromatic carbocycles.